The summed E-state index contributed by atoms with van der Waals surface area (Å²) >= 11 is 0. The summed E-state index contributed by atoms with van der Waals surface area (Å²) in [5.74, 6) is 0.556. The highest BCUT2D eigenvalue weighted by atomic mass is 16.5. The lowest BCUT2D eigenvalue weighted by Crippen LogP contribution is -2.47. The standard InChI is InChI=1S/C27H34N4O4/c1-21-12-13-24(30(3)27(34)22-9-6-7-10-23(22)28-20-32)25(19-21)35-18-8-4-5-11-26(33)31-16-14-29(2)15-17-31/h6-7,9-10,12-13,19H,4-5,8,11,14-18H2,1-3H3. The van der Waals surface area contributed by atoms with Crippen LogP contribution in [0.2, 0.25) is 0 Å². The van der Waals surface area contributed by atoms with Crippen molar-refractivity contribution in [1.82, 2.24) is 9.80 Å². The average Bonchev–Trinajstić information content (AvgIpc) is 2.86. The first kappa shape index (κ1) is 26.1. The molecule has 0 unspecified atom stereocenters. The van der Waals surface area contributed by atoms with E-state index in [1.807, 2.05) is 30.0 Å². The smallest absolute Gasteiger partial charge is 0.260 e. The maximum Gasteiger partial charge on any atom is 0.260 e. The molecule has 0 radical (unpaired) electrons. The molecule has 0 bridgehead atoms. The number of unbranched alkanes of at least 4 members (excludes halogenated alkanes) is 2. The third-order valence-electron chi connectivity index (χ3n) is 6.23. The Morgan fingerprint density at radius 1 is 1.06 bits per heavy atom. The minimum atomic E-state index is -0.296. The number of anilines is 1. The van der Waals surface area contributed by atoms with Crippen molar-refractivity contribution in [1.29, 1.82) is 0 Å². The SMILES string of the molecule is Cc1ccc(N(C)C(=O)c2ccccc2N=C=O)c(OCCCCCC(=O)N2CCN(C)CC2)c1. The number of aryl methyl sites for hydroxylation is 1. The molecule has 1 aliphatic heterocycles. The lowest BCUT2D eigenvalue weighted by molar-refractivity contribution is -0.132. The number of rotatable bonds is 10. The molecule has 0 spiro atoms. The van der Waals surface area contributed by atoms with E-state index in [9.17, 15) is 14.4 Å². The van der Waals surface area contributed by atoms with Gasteiger partial charge >= 0.3 is 0 Å². The predicted molar refractivity (Wildman–Crippen MR) is 136 cm³/mol. The molecule has 8 heteroatoms. The van der Waals surface area contributed by atoms with E-state index in [-0.39, 0.29) is 17.5 Å². The zero-order valence-corrected chi connectivity index (χ0v) is 20.8. The van der Waals surface area contributed by atoms with Crippen LogP contribution in [0.5, 0.6) is 5.75 Å². The first-order valence-corrected chi connectivity index (χ1v) is 12.1. The Labute approximate surface area is 207 Å². The molecule has 8 nitrogen and oxygen atoms in total. The molecule has 0 aromatic heterocycles. The second kappa shape index (κ2) is 12.8. The topological polar surface area (TPSA) is 82.5 Å². The zero-order chi connectivity index (χ0) is 25.2. The van der Waals surface area contributed by atoms with E-state index in [0.29, 0.717) is 30.0 Å². The van der Waals surface area contributed by atoms with E-state index in [0.717, 1.165) is 51.0 Å². The lowest BCUT2D eigenvalue weighted by Gasteiger charge is -2.32. The van der Waals surface area contributed by atoms with Gasteiger partial charge in [0.25, 0.3) is 5.91 Å². The Kier molecular flexibility index (Phi) is 9.58. The van der Waals surface area contributed by atoms with E-state index in [2.05, 4.69) is 16.9 Å². The van der Waals surface area contributed by atoms with Crippen LogP contribution >= 0.6 is 0 Å². The van der Waals surface area contributed by atoms with Crippen LogP contribution in [0.4, 0.5) is 11.4 Å². The van der Waals surface area contributed by atoms with Gasteiger partial charge in [-0.05, 0) is 63.1 Å². The van der Waals surface area contributed by atoms with Crippen molar-refractivity contribution in [3.63, 3.8) is 0 Å². The number of carbonyl (C=O) groups excluding carboxylic acids is 3. The van der Waals surface area contributed by atoms with Crippen molar-refractivity contribution in [3.8, 4) is 5.75 Å². The molecule has 1 saturated heterocycles. The third-order valence-corrected chi connectivity index (χ3v) is 6.23. The van der Waals surface area contributed by atoms with Gasteiger partial charge in [-0.25, -0.2) is 4.79 Å². The number of ether oxygens (including phenoxy) is 1. The number of piperazine rings is 1. The molecule has 0 atom stereocenters. The molecule has 0 saturated carbocycles. The summed E-state index contributed by atoms with van der Waals surface area (Å²) in [6.45, 7) is 5.96. The average molecular weight is 479 g/mol. The number of hydrogen-bond donors (Lipinski definition) is 0. The van der Waals surface area contributed by atoms with Gasteiger partial charge in [0.2, 0.25) is 12.0 Å². The molecule has 1 aliphatic rings. The Morgan fingerprint density at radius 3 is 2.54 bits per heavy atom. The third kappa shape index (κ3) is 7.25. The van der Waals surface area contributed by atoms with Crippen molar-refractivity contribution in [2.75, 3.05) is 51.8 Å². The Morgan fingerprint density at radius 2 is 1.80 bits per heavy atom. The maximum atomic E-state index is 13.1. The molecule has 2 amide bonds. The summed E-state index contributed by atoms with van der Waals surface area (Å²) < 4.78 is 6.06. The largest absolute Gasteiger partial charge is 0.491 e. The Bertz CT molecular complexity index is 1070. The Hall–Kier alpha value is -3.48. The highest BCUT2D eigenvalue weighted by molar-refractivity contribution is 6.09. The second-order valence-electron chi connectivity index (χ2n) is 8.90. The van der Waals surface area contributed by atoms with E-state index in [1.54, 1.807) is 31.3 Å². The van der Waals surface area contributed by atoms with Gasteiger partial charge in [0.05, 0.1) is 23.5 Å². The number of isocyanates is 1. The number of carbonyl (C=O) groups is 2. The molecule has 2 aromatic rings. The molecule has 35 heavy (non-hydrogen) atoms. The van der Waals surface area contributed by atoms with Gasteiger partial charge in [-0.15, -0.1) is 0 Å². The van der Waals surface area contributed by atoms with Gasteiger partial charge in [-0.1, -0.05) is 18.2 Å². The van der Waals surface area contributed by atoms with Gasteiger partial charge in [-0.3, -0.25) is 9.59 Å². The van der Waals surface area contributed by atoms with Crippen molar-refractivity contribution < 1.29 is 19.1 Å². The summed E-state index contributed by atoms with van der Waals surface area (Å²) in [7, 11) is 3.75. The van der Waals surface area contributed by atoms with E-state index in [1.165, 1.54) is 11.0 Å². The quantitative estimate of drug-likeness (QED) is 0.293. The monoisotopic (exact) mass is 478 g/mol. The van der Waals surface area contributed by atoms with Gasteiger partial charge in [-0.2, -0.15) is 4.99 Å². The van der Waals surface area contributed by atoms with Crippen LogP contribution in [-0.2, 0) is 9.59 Å². The van der Waals surface area contributed by atoms with Crippen LogP contribution in [-0.4, -0.2) is 74.6 Å². The van der Waals surface area contributed by atoms with Gasteiger partial charge < -0.3 is 19.4 Å². The second-order valence-corrected chi connectivity index (χ2v) is 8.90. The highest BCUT2D eigenvalue weighted by Crippen LogP contribution is 2.31. The number of likely N-dealkylation sites (N-methyl/N-ethyl adjacent to an activating group) is 1. The number of hydrogen-bond acceptors (Lipinski definition) is 6. The summed E-state index contributed by atoms with van der Waals surface area (Å²) in [4.78, 5) is 45.6. The van der Waals surface area contributed by atoms with Crippen LogP contribution in [0.1, 0.15) is 41.6 Å². The van der Waals surface area contributed by atoms with E-state index >= 15 is 0 Å². The van der Waals surface area contributed by atoms with Crippen LogP contribution in [0.25, 0.3) is 0 Å². The summed E-state index contributed by atoms with van der Waals surface area (Å²) in [6.07, 6.45) is 4.62. The van der Waals surface area contributed by atoms with Gasteiger partial charge in [0.15, 0.2) is 0 Å². The zero-order valence-electron chi connectivity index (χ0n) is 20.8. The number of aliphatic imine (C=N–C) groups is 1. The maximum absolute atomic E-state index is 13.1. The first-order chi connectivity index (χ1) is 16.9. The predicted octanol–water partition coefficient (Wildman–Crippen LogP) is 3.95. The van der Waals surface area contributed by atoms with Crippen LogP contribution < -0.4 is 9.64 Å². The lowest BCUT2D eigenvalue weighted by atomic mass is 10.1. The van der Waals surface area contributed by atoms with Crippen molar-refractivity contribution in [3.05, 3.63) is 53.6 Å². The summed E-state index contributed by atoms with van der Waals surface area (Å²) in [6, 6.07) is 12.4. The number of amides is 2. The molecule has 0 aliphatic carbocycles. The first-order valence-electron chi connectivity index (χ1n) is 12.1. The van der Waals surface area contributed by atoms with Crippen molar-refractivity contribution >= 4 is 29.3 Å². The molecular formula is C27H34N4O4. The van der Waals surface area contributed by atoms with E-state index in [4.69, 9.17) is 4.74 Å². The number of para-hydroxylation sites is 1. The number of nitrogens with zero attached hydrogens (tertiary/aromatic N) is 4. The minimum absolute atomic E-state index is 0.235. The fourth-order valence-corrected chi connectivity index (χ4v) is 4.06. The fraction of sp³-hybridized carbons (Fsp3) is 0.444. The highest BCUT2D eigenvalue weighted by Gasteiger charge is 2.21. The van der Waals surface area contributed by atoms with Crippen LogP contribution in [0.15, 0.2) is 47.5 Å². The fourth-order valence-electron chi connectivity index (χ4n) is 4.06. The molecular weight excluding hydrogens is 444 g/mol. The van der Waals surface area contributed by atoms with Gasteiger partial charge in [0.1, 0.15) is 5.75 Å². The van der Waals surface area contributed by atoms with E-state index < -0.39 is 0 Å². The Balaban J connectivity index is 1.53. The number of benzene rings is 2. The molecule has 1 heterocycles. The molecule has 2 aromatic carbocycles. The summed E-state index contributed by atoms with van der Waals surface area (Å²) in [5.41, 5.74) is 2.25. The van der Waals surface area contributed by atoms with Crippen LogP contribution in [0.3, 0.4) is 0 Å². The van der Waals surface area contributed by atoms with Crippen molar-refractivity contribution in [2.24, 2.45) is 4.99 Å². The summed E-state index contributed by atoms with van der Waals surface area (Å²) in [5, 5.41) is 0. The normalized spacial score (nSPS) is 13.7. The van der Waals surface area contributed by atoms with Crippen molar-refractivity contribution in [2.45, 2.75) is 32.6 Å². The molecule has 186 valence electrons. The van der Waals surface area contributed by atoms with Gasteiger partial charge in [0, 0.05) is 39.6 Å². The molecule has 3 rings (SSSR count). The molecule has 0 N–H and O–H groups in total. The van der Waals surface area contributed by atoms with Crippen LogP contribution in [0, 0.1) is 6.92 Å². The minimum Gasteiger partial charge on any atom is -0.491 e. The molecule has 1 fully saturated rings.